The minimum Gasteiger partial charge on any atom is -0.465 e. The lowest BCUT2D eigenvalue weighted by atomic mass is 10.1. The van der Waals surface area contributed by atoms with Crippen LogP contribution in [0.15, 0.2) is 12.7 Å². The molecular formula is C10H18O2. The molecule has 0 N–H and O–H groups in total. The lowest BCUT2D eigenvalue weighted by Gasteiger charge is -2.12. The second kappa shape index (κ2) is 8.31. The Kier molecular flexibility index (Phi) is 7.76. The maximum Gasteiger partial charge on any atom is 0.293 e. The Hall–Kier alpha value is -0.790. The van der Waals surface area contributed by atoms with E-state index in [2.05, 4.69) is 13.5 Å². The molecular weight excluding hydrogens is 152 g/mol. The lowest BCUT2D eigenvalue weighted by Crippen LogP contribution is -2.11. The monoisotopic (exact) mass is 170 g/mol. The highest BCUT2D eigenvalue weighted by Gasteiger charge is 2.06. The van der Waals surface area contributed by atoms with Gasteiger partial charge >= 0.3 is 0 Å². The predicted octanol–water partition coefficient (Wildman–Crippen LogP) is 2.68. The van der Waals surface area contributed by atoms with Crippen LogP contribution in [0.4, 0.5) is 0 Å². The normalized spacial score (nSPS) is 12.1. The van der Waals surface area contributed by atoms with Crippen LogP contribution in [-0.4, -0.2) is 12.6 Å². The average Bonchev–Trinajstić information content (AvgIpc) is 2.06. The standard InChI is InChI=1S/C10H18O2/c1-3-5-6-8-10(7-4-2)12-9-11/h3,9-10H,1,4-8H2,2H3. The Balaban J connectivity index is 3.46. The fourth-order valence-electron chi connectivity index (χ4n) is 1.17. The molecule has 2 heteroatoms. The molecule has 1 atom stereocenters. The van der Waals surface area contributed by atoms with E-state index in [1.54, 1.807) is 0 Å². The van der Waals surface area contributed by atoms with Gasteiger partial charge in [-0.1, -0.05) is 19.4 Å². The van der Waals surface area contributed by atoms with Gasteiger partial charge in [-0.3, -0.25) is 4.79 Å². The Labute approximate surface area is 74.6 Å². The van der Waals surface area contributed by atoms with E-state index < -0.39 is 0 Å². The number of unbranched alkanes of at least 4 members (excludes halogenated alkanes) is 1. The van der Waals surface area contributed by atoms with Crippen LogP contribution in [0.2, 0.25) is 0 Å². The van der Waals surface area contributed by atoms with Crippen molar-refractivity contribution in [2.45, 2.75) is 45.1 Å². The molecule has 0 aliphatic rings. The predicted molar refractivity (Wildman–Crippen MR) is 49.9 cm³/mol. The van der Waals surface area contributed by atoms with Crippen LogP contribution >= 0.6 is 0 Å². The number of hydrogen-bond acceptors (Lipinski definition) is 2. The van der Waals surface area contributed by atoms with Crippen molar-refractivity contribution in [2.24, 2.45) is 0 Å². The van der Waals surface area contributed by atoms with Crippen molar-refractivity contribution in [3.05, 3.63) is 12.7 Å². The van der Waals surface area contributed by atoms with Crippen LogP contribution in [0.25, 0.3) is 0 Å². The van der Waals surface area contributed by atoms with Gasteiger partial charge in [0.25, 0.3) is 6.47 Å². The van der Waals surface area contributed by atoms with Crippen LogP contribution in [-0.2, 0) is 9.53 Å². The average molecular weight is 170 g/mol. The summed E-state index contributed by atoms with van der Waals surface area (Å²) in [5.41, 5.74) is 0. The molecule has 12 heavy (non-hydrogen) atoms. The van der Waals surface area contributed by atoms with E-state index in [9.17, 15) is 4.79 Å². The van der Waals surface area contributed by atoms with Gasteiger partial charge in [0.1, 0.15) is 6.10 Å². The maximum absolute atomic E-state index is 10.1. The first kappa shape index (κ1) is 11.2. The summed E-state index contributed by atoms with van der Waals surface area (Å²) in [6, 6.07) is 0. The molecule has 0 amide bonds. The Morgan fingerprint density at radius 1 is 1.50 bits per heavy atom. The fraction of sp³-hybridized carbons (Fsp3) is 0.700. The zero-order valence-corrected chi connectivity index (χ0v) is 7.79. The van der Waals surface area contributed by atoms with E-state index in [4.69, 9.17) is 4.74 Å². The molecule has 0 aromatic heterocycles. The molecule has 0 saturated heterocycles. The quantitative estimate of drug-likeness (QED) is 0.318. The second-order valence-corrected chi connectivity index (χ2v) is 2.86. The molecule has 0 saturated carbocycles. The minimum atomic E-state index is 0.118. The van der Waals surface area contributed by atoms with E-state index in [-0.39, 0.29) is 6.10 Å². The third-order valence-corrected chi connectivity index (χ3v) is 1.79. The molecule has 0 aromatic rings. The minimum absolute atomic E-state index is 0.118. The summed E-state index contributed by atoms with van der Waals surface area (Å²) in [5.74, 6) is 0. The molecule has 0 bridgehead atoms. The Morgan fingerprint density at radius 3 is 2.75 bits per heavy atom. The summed E-state index contributed by atoms with van der Waals surface area (Å²) >= 11 is 0. The summed E-state index contributed by atoms with van der Waals surface area (Å²) in [7, 11) is 0. The molecule has 0 radical (unpaired) electrons. The molecule has 0 fully saturated rings. The molecule has 2 nitrogen and oxygen atoms in total. The molecule has 0 aliphatic heterocycles. The number of carbonyl (C=O) groups is 1. The largest absolute Gasteiger partial charge is 0.465 e. The third kappa shape index (κ3) is 5.96. The van der Waals surface area contributed by atoms with E-state index in [1.165, 1.54) is 0 Å². The van der Waals surface area contributed by atoms with Crippen molar-refractivity contribution >= 4 is 6.47 Å². The molecule has 0 heterocycles. The van der Waals surface area contributed by atoms with Gasteiger partial charge in [0.05, 0.1) is 0 Å². The molecule has 0 aliphatic carbocycles. The van der Waals surface area contributed by atoms with Crippen molar-refractivity contribution in [3.8, 4) is 0 Å². The van der Waals surface area contributed by atoms with Crippen molar-refractivity contribution in [1.29, 1.82) is 0 Å². The van der Waals surface area contributed by atoms with Gasteiger partial charge in [0.2, 0.25) is 0 Å². The van der Waals surface area contributed by atoms with Gasteiger partial charge in [0, 0.05) is 0 Å². The number of carbonyl (C=O) groups excluding carboxylic acids is 1. The van der Waals surface area contributed by atoms with Crippen molar-refractivity contribution < 1.29 is 9.53 Å². The highest BCUT2D eigenvalue weighted by molar-refractivity contribution is 5.37. The first-order chi connectivity index (χ1) is 5.85. The first-order valence-electron chi connectivity index (χ1n) is 4.55. The van der Waals surface area contributed by atoms with Crippen LogP contribution in [0, 0.1) is 0 Å². The molecule has 0 spiro atoms. The Morgan fingerprint density at radius 2 is 2.25 bits per heavy atom. The van der Waals surface area contributed by atoms with Gasteiger partial charge < -0.3 is 4.74 Å². The maximum atomic E-state index is 10.1. The Bertz CT molecular complexity index is 121. The van der Waals surface area contributed by atoms with E-state index in [0.29, 0.717) is 6.47 Å². The van der Waals surface area contributed by atoms with Gasteiger partial charge in [0.15, 0.2) is 0 Å². The van der Waals surface area contributed by atoms with Gasteiger partial charge in [-0.25, -0.2) is 0 Å². The third-order valence-electron chi connectivity index (χ3n) is 1.79. The van der Waals surface area contributed by atoms with Crippen molar-refractivity contribution in [1.82, 2.24) is 0 Å². The zero-order valence-electron chi connectivity index (χ0n) is 7.79. The first-order valence-corrected chi connectivity index (χ1v) is 4.55. The number of ether oxygens (including phenoxy) is 1. The van der Waals surface area contributed by atoms with E-state index in [0.717, 1.165) is 32.1 Å². The van der Waals surface area contributed by atoms with Gasteiger partial charge in [-0.05, 0) is 25.7 Å². The van der Waals surface area contributed by atoms with Gasteiger partial charge in [-0.2, -0.15) is 0 Å². The molecule has 0 rings (SSSR count). The summed E-state index contributed by atoms with van der Waals surface area (Å²) in [4.78, 5) is 10.1. The van der Waals surface area contributed by atoms with E-state index >= 15 is 0 Å². The molecule has 0 aromatic carbocycles. The zero-order chi connectivity index (χ0) is 9.23. The number of allylic oxidation sites excluding steroid dienone is 1. The highest BCUT2D eigenvalue weighted by atomic mass is 16.5. The summed E-state index contributed by atoms with van der Waals surface area (Å²) < 4.78 is 4.91. The van der Waals surface area contributed by atoms with Crippen molar-refractivity contribution in [2.75, 3.05) is 0 Å². The smallest absolute Gasteiger partial charge is 0.293 e. The topological polar surface area (TPSA) is 26.3 Å². The summed E-state index contributed by atoms with van der Waals surface area (Å²) in [5, 5.41) is 0. The highest BCUT2D eigenvalue weighted by Crippen LogP contribution is 2.09. The number of hydrogen-bond donors (Lipinski definition) is 0. The lowest BCUT2D eigenvalue weighted by molar-refractivity contribution is -0.134. The summed E-state index contributed by atoms with van der Waals surface area (Å²) in [6.45, 7) is 6.28. The van der Waals surface area contributed by atoms with Crippen LogP contribution in [0.5, 0.6) is 0 Å². The SMILES string of the molecule is C=CCCCC(CCC)OC=O. The number of rotatable bonds is 8. The van der Waals surface area contributed by atoms with Crippen LogP contribution in [0.1, 0.15) is 39.0 Å². The van der Waals surface area contributed by atoms with Crippen LogP contribution in [0.3, 0.4) is 0 Å². The van der Waals surface area contributed by atoms with Crippen molar-refractivity contribution in [3.63, 3.8) is 0 Å². The van der Waals surface area contributed by atoms with Crippen LogP contribution < -0.4 is 0 Å². The second-order valence-electron chi connectivity index (χ2n) is 2.86. The summed E-state index contributed by atoms with van der Waals surface area (Å²) in [6.07, 6.45) is 7.06. The van der Waals surface area contributed by atoms with E-state index in [1.807, 2.05) is 6.08 Å². The molecule has 70 valence electrons. The molecule has 1 unspecified atom stereocenters. The van der Waals surface area contributed by atoms with Gasteiger partial charge in [-0.15, -0.1) is 6.58 Å². The fourth-order valence-corrected chi connectivity index (χ4v) is 1.17.